The average Bonchev–Trinajstić information content (AvgIpc) is 2.63. The van der Waals surface area contributed by atoms with E-state index >= 15 is 0 Å². The maximum absolute atomic E-state index is 13.7. The molecule has 6 N–H and O–H groups in total. The van der Waals surface area contributed by atoms with Crippen LogP contribution in [0.5, 0.6) is 0 Å². The Morgan fingerprint density at radius 1 is 1.37 bits per heavy atom. The van der Waals surface area contributed by atoms with E-state index in [1.54, 1.807) is 0 Å². The summed E-state index contributed by atoms with van der Waals surface area (Å²) < 4.78 is 18.5. The van der Waals surface area contributed by atoms with E-state index in [9.17, 15) is 18.8 Å². The molecule has 1 fully saturated rings. The number of rotatable bonds is 8. The highest BCUT2D eigenvalue weighted by atomic mass is 32.2. The van der Waals surface area contributed by atoms with Gasteiger partial charge in [0.25, 0.3) is 5.91 Å². The topological polar surface area (TPSA) is 135 Å². The summed E-state index contributed by atoms with van der Waals surface area (Å²) in [5, 5.41) is 10.6. The summed E-state index contributed by atoms with van der Waals surface area (Å²) in [6.07, 6.45) is -0.900. The van der Waals surface area contributed by atoms with Crippen LogP contribution in [0.3, 0.4) is 0 Å². The van der Waals surface area contributed by atoms with Crippen molar-refractivity contribution in [2.75, 3.05) is 26.0 Å². The van der Waals surface area contributed by atoms with Crippen LogP contribution in [0, 0.1) is 5.82 Å². The smallest absolute Gasteiger partial charge is 0.254 e. The van der Waals surface area contributed by atoms with Crippen LogP contribution in [0.25, 0.3) is 0 Å². The number of methoxy groups -OCH3 is 1. The number of carbonyl (C=O) groups is 3. The molecule has 0 radical (unpaired) electrons. The van der Waals surface area contributed by atoms with Gasteiger partial charge in [0, 0.05) is 13.7 Å². The van der Waals surface area contributed by atoms with E-state index in [2.05, 4.69) is 21.3 Å². The first-order valence-corrected chi connectivity index (χ1v) is 9.22. The third-order valence-corrected chi connectivity index (χ3v) is 4.69. The summed E-state index contributed by atoms with van der Waals surface area (Å²) >= 11 is 1.14. The lowest BCUT2D eigenvalue weighted by Crippen LogP contribution is -2.70. The van der Waals surface area contributed by atoms with Crippen LogP contribution >= 0.6 is 11.8 Å². The molecule has 27 heavy (non-hydrogen) atoms. The van der Waals surface area contributed by atoms with Crippen molar-refractivity contribution >= 4 is 29.5 Å². The molecule has 0 aromatic heterocycles. The van der Waals surface area contributed by atoms with Crippen LogP contribution in [-0.4, -0.2) is 61.4 Å². The number of amides is 3. The Hall–Kier alpha value is -2.21. The van der Waals surface area contributed by atoms with Gasteiger partial charge in [-0.25, -0.2) is 4.39 Å². The number of thioether (sulfide) groups is 1. The Balaban J connectivity index is 1.84. The average molecular weight is 399 g/mol. The Bertz CT molecular complexity index is 693. The molecule has 1 saturated heterocycles. The van der Waals surface area contributed by atoms with Crippen LogP contribution < -0.4 is 27.0 Å². The van der Waals surface area contributed by atoms with E-state index in [1.165, 1.54) is 25.3 Å². The summed E-state index contributed by atoms with van der Waals surface area (Å²) in [7, 11) is 1.53. The molecule has 2 rings (SSSR count). The Morgan fingerprint density at radius 2 is 2.11 bits per heavy atom. The van der Waals surface area contributed by atoms with Crippen molar-refractivity contribution in [1.29, 1.82) is 0 Å². The zero-order chi connectivity index (χ0) is 19.8. The predicted molar refractivity (Wildman–Crippen MR) is 98.0 cm³/mol. The maximum Gasteiger partial charge on any atom is 0.254 e. The highest BCUT2D eigenvalue weighted by molar-refractivity contribution is 8.00. The Kier molecular flexibility index (Phi) is 7.98. The molecule has 1 aliphatic rings. The van der Waals surface area contributed by atoms with Gasteiger partial charge in [0.05, 0.1) is 24.1 Å². The lowest BCUT2D eigenvalue weighted by Gasteiger charge is -2.35. The van der Waals surface area contributed by atoms with Gasteiger partial charge in [-0.3, -0.25) is 19.7 Å². The van der Waals surface area contributed by atoms with E-state index < -0.39 is 35.3 Å². The highest BCUT2D eigenvalue weighted by Crippen LogP contribution is 2.12. The van der Waals surface area contributed by atoms with Crippen LogP contribution in [0.4, 0.5) is 4.39 Å². The molecule has 0 aliphatic carbocycles. The molecule has 9 nitrogen and oxygen atoms in total. The Morgan fingerprint density at radius 3 is 2.78 bits per heavy atom. The molecule has 1 heterocycles. The van der Waals surface area contributed by atoms with Gasteiger partial charge in [0.1, 0.15) is 17.4 Å². The van der Waals surface area contributed by atoms with Crippen molar-refractivity contribution in [2.24, 2.45) is 5.73 Å². The second-order valence-corrected chi connectivity index (χ2v) is 6.76. The molecule has 1 aromatic carbocycles. The zero-order valence-electron chi connectivity index (χ0n) is 14.7. The second-order valence-electron chi connectivity index (χ2n) is 5.67. The minimum Gasteiger partial charge on any atom is -0.383 e. The third kappa shape index (κ3) is 6.17. The van der Waals surface area contributed by atoms with Gasteiger partial charge in [-0.05, 0) is 12.1 Å². The van der Waals surface area contributed by atoms with Crippen LogP contribution in [0.2, 0.25) is 0 Å². The van der Waals surface area contributed by atoms with Crippen molar-refractivity contribution in [3.63, 3.8) is 0 Å². The van der Waals surface area contributed by atoms with Gasteiger partial charge in [-0.1, -0.05) is 12.1 Å². The minimum absolute atomic E-state index is 0.0979. The van der Waals surface area contributed by atoms with Crippen LogP contribution in [-0.2, 0) is 14.3 Å². The van der Waals surface area contributed by atoms with Crippen molar-refractivity contribution in [3.05, 3.63) is 35.6 Å². The van der Waals surface area contributed by atoms with Gasteiger partial charge >= 0.3 is 0 Å². The lowest BCUT2D eigenvalue weighted by molar-refractivity contribution is -0.126. The molecule has 3 unspecified atom stereocenters. The summed E-state index contributed by atoms with van der Waals surface area (Å²) in [6, 6.07) is 4.36. The van der Waals surface area contributed by atoms with Gasteiger partial charge in [-0.2, -0.15) is 0 Å². The first-order chi connectivity index (χ1) is 12.9. The van der Waals surface area contributed by atoms with Gasteiger partial charge in [0.2, 0.25) is 11.8 Å². The molecule has 0 saturated carbocycles. The number of halogens is 1. The van der Waals surface area contributed by atoms with Crippen LogP contribution in [0.15, 0.2) is 24.3 Å². The molecule has 3 amide bonds. The van der Waals surface area contributed by atoms with Crippen molar-refractivity contribution in [2.45, 2.75) is 17.7 Å². The number of nitrogens with one attached hydrogen (secondary N) is 4. The van der Waals surface area contributed by atoms with Crippen LogP contribution in [0.1, 0.15) is 10.4 Å². The van der Waals surface area contributed by atoms with Crippen molar-refractivity contribution in [1.82, 2.24) is 21.3 Å². The van der Waals surface area contributed by atoms with Crippen molar-refractivity contribution in [3.8, 4) is 0 Å². The maximum atomic E-state index is 13.7. The largest absolute Gasteiger partial charge is 0.383 e. The molecule has 0 spiro atoms. The summed E-state index contributed by atoms with van der Waals surface area (Å²) in [4.78, 5) is 36.1. The number of benzene rings is 1. The SMILES string of the molecule is COCCNC(=O)CSC1NC(=O)C(NC(=O)c2ccccc2F)C(N)N1. The molecule has 3 atom stereocenters. The van der Waals surface area contributed by atoms with E-state index in [-0.39, 0.29) is 17.2 Å². The molecule has 11 heteroatoms. The second kappa shape index (κ2) is 10.2. The third-order valence-electron chi connectivity index (χ3n) is 3.67. The molecular weight excluding hydrogens is 377 g/mol. The fraction of sp³-hybridized carbons (Fsp3) is 0.438. The summed E-state index contributed by atoms with van der Waals surface area (Å²) in [5.41, 5.74) is 5.14. The molecule has 1 aliphatic heterocycles. The van der Waals surface area contributed by atoms with E-state index in [1.807, 2.05) is 0 Å². The first kappa shape index (κ1) is 21.1. The molecule has 0 bridgehead atoms. The highest BCUT2D eigenvalue weighted by Gasteiger charge is 2.35. The molecule has 148 valence electrons. The number of hydrogen-bond acceptors (Lipinski definition) is 7. The van der Waals surface area contributed by atoms with E-state index in [0.717, 1.165) is 17.8 Å². The zero-order valence-corrected chi connectivity index (χ0v) is 15.5. The molecular formula is C16H22FN5O4S. The quantitative estimate of drug-likeness (QED) is 0.343. The van der Waals surface area contributed by atoms with E-state index in [0.29, 0.717) is 13.2 Å². The van der Waals surface area contributed by atoms with Gasteiger partial charge in [0.15, 0.2) is 0 Å². The monoisotopic (exact) mass is 399 g/mol. The number of carbonyl (C=O) groups excluding carboxylic acids is 3. The number of hydrogen-bond donors (Lipinski definition) is 5. The Labute approximate surface area is 160 Å². The summed E-state index contributed by atoms with van der Waals surface area (Å²) in [5.74, 6) is -2.07. The molecule has 1 aromatic rings. The first-order valence-electron chi connectivity index (χ1n) is 8.17. The van der Waals surface area contributed by atoms with Gasteiger partial charge < -0.3 is 26.4 Å². The number of ether oxygens (including phenoxy) is 1. The predicted octanol–water partition coefficient (Wildman–Crippen LogP) is -1.29. The number of nitrogens with two attached hydrogens (primary N) is 1. The normalized spacial score (nSPS) is 22.0. The lowest BCUT2D eigenvalue weighted by atomic mass is 10.1. The summed E-state index contributed by atoms with van der Waals surface area (Å²) in [6.45, 7) is 0.799. The standard InChI is InChI=1S/C16H22FN5O4S/c1-26-7-6-19-11(23)8-27-16-21-13(18)12(15(25)22-16)20-14(24)9-4-2-3-5-10(9)17/h2-5,12-13,16,21H,6-8,18H2,1H3,(H,19,23)(H,20,24)(H,22,25). The fourth-order valence-electron chi connectivity index (χ4n) is 2.31. The fourth-order valence-corrected chi connectivity index (χ4v) is 3.18. The van der Waals surface area contributed by atoms with E-state index in [4.69, 9.17) is 10.5 Å². The van der Waals surface area contributed by atoms with Crippen molar-refractivity contribution < 1.29 is 23.5 Å². The minimum atomic E-state index is -1.08. The van der Waals surface area contributed by atoms with Gasteiger partial charge in [-0.15, -0.1) is 11.8 Å².